The van der Waals surface area contributed by atoms with Crippen LogP contribution in [0.4, 0.5) is 5.69 Å². The van der Waals surface area contributed by atoms with Crippen molar-refractivity contribution in [2.45, 2.75) is 5.33 Å². The number of rotatable bonds is 3. The number of nitrogens with one attached hydrogen (secondary N) is 1. The predicted octanol–water partition coefficient (Wildman–Crippen LogP) is 4.19. The van der Waals surface area contributed by atoms with Gasteiger partial charge < -0.3 is 10.4 Å². The molecule has 2 aromatic carbocycles. The molecule has 2 rings (SSSR count). The molecule has 0 spiro atoms. The van der Waals surface area contributed by atoms with Crippen LogP contribution in [0.5, 0.6) is 5.75 Å². The molecule has 0 atom stereocenters. The highest BCUT2D eigenvalue weighted by Crippen LogP contribution is 2.24. The Labute approximate surface area is 124 Å². The molecule has 19 heavy (non-hydrogen) atoms. The molecule has 5 heteroatoms. The summed E-state index contributed by atoms with van der Waals surface area (Å²) in [5.41, 5.74) is 1.92. The van der Waals surface area contributed by atoms with Gasteiger partial charge in [-0.3, -0.25) is 4.79 Å². The Bertz CT molecular complexity index is 616. The molecule has 0 radical (unpaired) electrons. The molecule has 3 nitrogen and oxygen atoms in total. The summed E-state index contributed by atoms with van der Waals surface area (Å²) >= 11 is 9.31. The zero-order valence-electron chi connectivity index (χ0n) is 9.86. The van der Waals surface area contributed by atoms with Crippen LogP contribution in [0.3, 0.4) is 0 Å². The van der Waals surface area contributed by atoms with E-state index in [1.807, 2.05) is 24.3 Å². The van der Waals surface area contributed by atoms with Crippen molar-refractivity contribution in [3.8, 4) is 5.75 Å². The molecular formula is C14H11BrClNO2. The van der Waals surface area contributed by atoms with Crippen LogP contribution >= 0.6 is 27.5 Å². The van der Waals surface area contributed by atoms with Gasteiger partial charge in [0.1, 0.15) is 5.75 Å². The molecule has 2 aromatic rings. The largest absolute Gasteiger partial charge is 0.508 e. The van der Waals surface area contributed by atoms with Gasteiger partial charge in [-0.15, -0.1) is 0 Å². The number of hydrogen-bond acceptors (Lipinski definition) is 2. The minimum atomic E-state index is -0.352. The molecule has 0 saturated heterocycles. The van der Waals surface area contributed by atoms with E-state index in [1.54, 1.807) is 0 Å². The highest BCUT2D eigenvalue weighted by atomic mass is 79.9. The van der Waals surface area contributed by atoms with Gasteiger partial charge in [0.2, 0.25) is 0 Å². The molecule has 1 amide bonds. The highest BCUT2D eigenvalue weighted by Gasteiger charge is 2.12. The van der Waals surface area contributed by atoms with Crippen molar-refractivity contribution >= 4 is 39.1 Å². The summed E-state index contributed by atoms with van der Waals surface area (Å²) in [4.78, 5) is 12.1. The van der Waals surface area contributed by atoms with Crippen LogP contribution in [0.2, 0.25) is 5.02 Å². The van der Waals surface area contributed by atoms with Gasteiger partial charge in [0.05, 0.1) is 10.6 Å². The average molecular weight is 341 g/mol. The van der Waals surface area contributed by atoms with Crippen molar-refractivity contribution in [1.29, 1.82) is 0 Å². The summed E-state index contributed by atoms with van der Waals surface area (Å²) in [5, 5.41) is 13.1. The van der Waals surface area contributed by atoms with Crippen LogP contribution in [-0.2, 0) is 5.33 Å². The molecule has 0 aliphatic rings. The van der Waals surface area contributed by atoms with E-state index in [0.717, 1.165) is 5.56 Å². The fourth-order valence-corrected chi connectivity index (χ4v) is 2.33. The predicted molar refractivity (Wildman–Crippen MR) is 80.1 cm³/mol. The number of carbonyl (C=O) groups excluding carboxylic acids is 1. The van der Waals surface area contributed by atoms with Gasteiger partial charge in [0, 0.05) is 11.0 Å². The zero-order chi connectivity index (χ0) is 13.8. The Morgan fingerprint density at radius 2 is 2.00 bits per heavy atom. The van der Waals surface area contributed by atoms with Gasteiger partial charge in [-0.25, -0.2) is 0 Å². The molecule has 2 N–H and O–H groups in total. The van der Waals surface area contributed by atoms with Gasteiger partial charge in [-0.2, -0.15) is 0 Å². The summed E-state index contributed by atoms with van der Waals surface area (Å²) in [6.45, 7) is 0. The number of amides is 1. The average Bonchev–Trinajstić information content (AvgIpc) is 2.42. The monoisotopic (exact) mass is 339 g/mol. The molecule has 0 bridgehead atoms. The molecule has 0 heterocycles. The van der Waals surface area contributed by atoms with Crippen molar-refractivity contribution in [3.05, 3.63) is 58.6 Å². The minimum absolute atomic E-state index is 0.00308. The lowest BCUT2D eigenvalue weighted by molar-refractivity contribution is 0.102. The van der Waals surface area contributed by atoms with E-state index < -0.39 is 0 Å². The quantitative estimate of drug-likeness (QED) is 0.823. The van der Waals surface area contributed by atoms with Crippen LogP contribution in [0.15, 0.2) is 42.5 Å². The first-order valence-electron chi connectivity index (χ1n) is 5.55. The number of anilines is 1. The van der Waals surface area contributed by atoms with Crippen molar-refractivity contribution in [1.82, 2.24) is 0 Å². The number of phenolic OH excluding ortho intramolecular Hbond substituents is 1. The van der Waals surface area contributed by atoms with Crippen LogP contribution in [0.1, 0.15) is 15.9 Å². The number of carbonyl (C=O) groups is 1. The van der Waals surface area contributed by atoms with E-state index in [0.29, 0.717) is 16.0 Å². The Kier molecular flexibility index (Phi) is 4.45. The van der Waals surface area contributed by atoms with Gasteiger partial charge in [-0.05, 0) is 29.8 Å². The van der Waals surface area contributed by atoms with Gasteiger partial charge >= 0.3 is 0 Å². The summed E-state index contributed by atoms with van der Waals surface area (Å²) in [7, 11) is 0. The third-order valence-electron chi connectivity index (χ3n) is 2.60. The first-order chi connectivity index (χ1) is 9.11. The van der Waals surface area contributed by atoms with Crippen molar-refractivity contribution < 1.29 is 9.90 Å². The lowest BCUT2D eigenvalue weighted by atomic mass is 10.1. The van der Waals surface area contributed by atoms with E-state index in [2.05, 4.69) is 21.2 Å². The summed E-state index contributed by atoms with van der Waals surface area (Å²) in [6, 6.07) is 11.7. The second-order valence-electron chi connectivity index (χ2n) is 3.91. The molecule has 0 aliphatic heterocycles. The molecular weight excluding hydrogens is 330 g/mol. The molecule has 0 fully saturated rings. The minimum Gasteiger partial charge on any atom is -0.508 e. The Balaban J connectivity index is 2.28. The number of benzene rings is 2. The van der Waals surface area contributed by atoms with Gasteiger partial charge in [0.25, 0.3) is 5.91 Å². The lowest BCUT2D eigenvalue weighted by Gasteiger charge is -2.10. The van der Waals surface area contributed by atoms with Crippen molar-refractivity contribution in [2.24, 2.45) is 0 Å². The Hall–Kier alpha value is -1.52. The Morgan fingerprint density at radius 1 is 1.26 bits per heavy atom. The maximum Gasteiger partial charge on any atom is 0.257 e. The number of hydrogen-bond donors (Lipinski definition) is 2. The van der Waals surface area contributed by atoms with E-state index in [4.69, 9.17) is 11.6 Å². The first kappa shape index (κ1) is 13.9. The standard InChI is InChI=1S/C14H11BrClNO2/c15-8-9-3-1-2-4-13(9)17-14(19)11-7-10(18)5-6-12(11)16/h1-7,18H,8H2,(H,17,19). The fraction of sp³-hybridized carbons (Fsp3) is 0.0714. The normalized spacial score (nSPS) is 10.2. The van der Waals surface area contributed by atoms with E-state index in [9.17, 15) is 9.90 Å². The summed E-state index contributed by atoms with van der Waals surface area (Å²) < 4.78 is 0. The van der Waals surface area contributed by atoms with E-state index >= 15 is 0 Å². The van der Waals surface area contributed by atoms with Crippen molar-refractivity contribution in [3.63, 3.8) is 0 Å². The number of para-hydroxylation sites is 1. The van der Waals surface area contributed by atoms with E-state index in [-0.39, 0.29) is 17.2 Å². The lowest BCUT2D eigenvalue weighted by Crippen LogP contribution is -2.13. The SMILES string of the molecule is O=C(Nc1ccccc1CBr)c1cc(O)ccc1Cl. The topological polar surface area (TPSA) is 49.3 Å². The zero-order valence-corrected chi connectivity index (χ0v) is 12.2. The molecule has 0 aromatic heterocycles. The number of halogens is 2. The summed E-state index contributed by atoms with van der Waals surface area (Å²) in [6.07, 6.45) is 0. The van der Waals surface area contributed by atoms with Crippen LogP contribution in [-0.4, -0.2) is 11.0 Å². The summed E-state index contributed by atoms with van der Waals surface area (Å²) in [5.74, 6) is -0.349. The number of alkyl halides is 1. The molecule has 0 unspecified atom stereocenters. The Morgan fingerprint density at radius 3 is 2.74 bits per heavy atom. The first-order valence-corrected chi connectivity index (χ1v) is 7.05. The van der Waals surface area contributed by atoms with Crippen LogP contribution in [0.25, 0.3) is 0 Å². The molecule has 0 aliphatic carbocycles. The second-order valence-corrected chi connectivity index (χ2v) is 4.88. The molecule has 0 saturated carbocycles. The van der Waals surface area contributed by atoms with Gasteiger partial charge in [-0.1, -0.05) is 45.7 Å². The maximum absolute atomic E-state index is 12.1. The van der Waals surface area contributed by atoms with E-state index in [1.165, 1.54) is 18.2 Å². The smallest absolute Gasteiger partial charge is 0.257 e. The van der Waals surface area contributed by atoms with Crippen molar-refractivity contribution in [2.75, 3.05) is 5.32 Å². The number of aromatic hydroxyl groups is 1. The second kappa shape index (κ2) is 6.08. The highest BCUT2D eigenvalue weighted by molar-refractivity contribution is 9.08. The van der Waals surface area contributed by atoms with Gasteiger partial charge in [0.15, 0.2) is 0 Å². The third-order valence-corrected chi connectivity index (χ3v) is 3.54. The van der Waals surface area contributed by atoms with Crippen LogP contribution in [0, 0.1) is 0 Å². The fourth-order valence-electron chi connectivity index (χ4n) is 1.64. The number of phenols is 1. The third kappa shape index (κ3) is 3.28. The molecule has 98 valence electrons. The van der Waals surface area contributed by atoms with Crippen LogP contribution < -0.4 is 5.32 Å². The maximum atomic E-state index is 12.1.